The molecule has 0 aliphatic rings. The second-order valence-corrected chi connectivity index (χ2v) is 8.13. The predicted octanol–water partition coefficient (Wildman–Crippen LogP) is 3.55. The van der Waals surface area contributed by atoms with E-state index in [1.165, 1.54) is 6.26 Å². The SMILES string of the molecule is CC[C@@H](NC(=O)Cc1cccc(Cl)c1)c1ccc(S(C)(=O)=O)cc1. The second-order valence-electron chi connectivity index (χ2n) is 5.68. The van der Waals surface area contributed by atoms with Gasteiger partial charge in [0.15, 0.2) is 9.84 Å². The summed E-state index contributed by atoms with van der Waals surface area (Å²) in [5.41, 5.74) is 1.73. The Bertz CT molecular complexity index is 816. The van der Waals surface area contributed by atoms with Gasteiger partial charge >= 0.3 is 0 Å². The molecule has 0 heterocycles. The van der Waals surface area contributed by atoms with Crippen molar-refractivity contribution in [2.75, 3.05) is 6.26 Å². The van der Waals surface area contributed by atoms with E-state index in [1.807, 2.05) is 19.1 Å². The molecule has 0 aromatic heterocycles. The first kappa shape index (κ1) is 18.5. The van der Waals surface area contributed by atoms with Crippen molar-refractivity contribution in [2.24, 2.45) is 0 Å². The van der Waals surface area contributed by atoms with Crippen molar-refractivity contribution in [3.8, 4) is 0 Å². The number of amides is 1. The van der Waals surface area contributed by atoms with E-state index in [9.17, 15) is 13.2 Å². The van der Waals surface area contributed by atoms with E-state index in [4.69, 9.17) is 11.6 Å². The zero-order valence-electron chi connectivity index (χ0n) is 13.6. The highest BCUT2D eigenvalue weighted by Gasteiger charge is 2.14. The van der Waals surface area contributed by atoms with Crippen molar-refractivity contribution in [2.45, 2.75) is 30.7 Å². The number of halogens is 1. The summed E-state index contributed by atoms with van der Waals surface area (Å²) in [5.74, 6) is -0.101. The first-order valence-corrected chi connectivity index (χ1v) is 9.90. The first-order chi connectivity index (χ1) is 11.3. The van der Waals surface area contributed by atoms with Crippen molar-refractivity contribution in [3.05, 3.63) is 64.7 Å². The highest BCUT2D eigenvalue weighted by molar-refractivity contribution is 7.90. The molecule has 0 saturated heterocycles. The molecule has 0 aliphatic carbocycles. The third-order valence-electron chi connectivity index (χ3n) is 3.71. The molecule has 0 saturated carbocycles. The van der Waals surface area contributed by atoms with Crippen LogP contribution in [0.4, 0.5) is 0 Å². The van der Waals surface area contributed by atoms with Crippen LogP contribution in [0, 0.1) is 0 Å². The summed E-state index contributed by atoms with van der Waals surface area (Å²) in [4.78, 5) is 12.5. The minimum Gasteiger partial charge on any atom is -0.349 e. The minimum absolute atomic E-state index is 0.101. The molecule has 128 valence electrons. The van der Waals surface area contributed by atoms with Crippen molar-refractivity contribution in [1.29, 1.82) is 0 Å². The molecule has 0 aliphatic heterocycles. The van der Waals surface area contributed by atoms with Crippen LogP contribution in [0.5, 0.6) is 0 Å². The van der Waals surface area contributed by atoms with Crippen molar-refractivity contribution in [3.63, 3.8) is 0 Å². The molecule has 4 nitrogen and oxygen atoms in total. The average molecular weight is 366 g/mol. The lowest BCUT2D eigenvalue weighted by atomic mass is 10.0. The Labute approximate surface area is 147 Å². The molecule has 2 aromatic carbocycles. The van der Waals surface area contributed by atoms with E-state index in [1.54, 1.807) is 36.4 Å². The van der Waals surface area contributed by atoms with Gasteiger partial charge in [0.2, 0.25) is 5.91 Å². The molecule has 2 rings (SSSR count). The molecular formula is C18H20ClNO3S. The number of hydrogen-bond acceptors (Lipinski definition) is 3. The van der Waals surface area contributed by atoms with Crippen LogP contribution in [-0.2, 0) is 21.1 Å². The number of carbonyl (C=O) groups excluding carboxylic acids is 1. The van der Waals surface area contributed by atoms with E-state index in [-0.39, 0.29) is 23.3 Å². The first-order valence-electron chi connectivity index (χ1n) is 7.63. The maximum absolute atomic E-state index is 12.2. The molecule has 0 fully saturated rings. The third-order valence-corrected chi connectivity index (χ3v) is 5.07. The summed E-state index contributed by atoms with van der Waals surface area (Å²) in [7, 11) is -3.22. The third kappa shape index (κ3) is 5.08. The monoisotopic (exact) mass is 365 g/mol. The topological polar surface area (TPSA) is 63.2 Å². The van der Waals surface area contributed by atoms with Gasteiger partial charge in [0.25, 0.3) is 0 Å². The van der Waals surface area contributed by atoms with Crippen molar-refractivity contribution >= 4 is 27.3 Å². The van der Waals surface area contributed by atoms with E-state index in [2.05, 4.69) is 5.32 Å². The molecule has 0 radical (unpaired) electrons. The lowest BCUT2D eigenvalue weighted by Crippen LogP contribution is -2.29. The molecular weight excluding hydrogens is 346 g/mol. The lowest BCUT2D eigenvalue weighted by molar-refractivity contribution is -0.121. The molecule has 1 N–H and O–H groups in total. The van der Waals surface area contributed by atoms with Crippen LogP contribution in [0.1, 0.15) is 30.5 Å². The number of benzene rings is 2. The number of nitrogens with one attached hydrogen (secondary N) is 1. The fourth-order valence-electron chi connectivity index (χ4n) is 2.45. The summed E-state index contributed by atoms with van der Waals surface area (Å²) in [6.45, 7) is 1.97. The second kappa shape index (κ2) is 7.81. The van der Waals surface area contributed by atoms with E-state index < -0.39 is 9.84 Å². The summed E-state index contributed by atoms with van der Waals surface area (Å²) in [6.07, 6.45) is 2.13. The minimum atomic E-state index is -3.22. The Morgan fingerprint density at radius 3 is 2.38 bits per heavy atom. The van der Waals surface area contributed by atoms with Gasteiger partial charge in [0, 0.05) is 11.3 Å². The maximum Gasteiger partial charge on any atom is 0.224 e. The number of sulfone groups is 1. The van der Waals surface area contributed by atoms with Gasteiger partial charge in [0.05, 0.1) is 17.4 Å². The van der Waals surface area contributed by atoms with Crippen LogP contribution in [0.3, 0.4) is 0 Å². The molecule has 1 amide bonds. The molecule has 24 heavy (non-hydrogen) atoms. The van der Waals surface area contributed by atoms with Crippen LogP contribution in [0.25, 0.3) is 0 Å². The highest BCUT2D eigenvalue weighted by Crippen LogP contribution is 2.19. The smallest absolute Gasteiger partial charge is 0.224 e. The average Bonchev–Trinajstić information content (AvgIpc) is 2.52. The number of hydrogen-bond donors (Lipinski definition) is 1. The number of rotatable bonds is 6. The summed E-state index contributed by atoms with van der Waals surface area (Å²) in [6, 6.07) is 13.6. The normalized spacial score (nSPS) is 12.6. The lowest BCUT2D eigenvalue weighted by Gasteiger charge is -2.18. The molecule has 0 unspecified atom stereocenters. The van der Waals surface area contributed by atoms with Crippen LogP contribution < -0.4 is 5.32 Å². The molecule has 2 aromatic rings. The Hall–Kier alpha value is -1.85. The van der Waals surface area contributed by atoms with E-state index in [0.717, 1.165) is 11.1 Å². The van der Waals surface area contributed by atoms with Gasteiger partial charge in [-0.05, 0) is 41.8 Å². The van der Waals surface area contributed by atoms with Crippen LogP contribution in [-0.4, -0.2) is 20.6 Å². The number of carbonyl (C=O) groups is 1. The van der Waals surface area contributed by atoms with Gasteiger partial charge in [-0.25, -0.2) is 8.42 Å². The van der Waals surface area contributed by atoms with Crippen molar-refractivity contribution < 1.29 is 13.2 Å². The maximum atomic E-state index is 12.2. The molecule has 1 atom stereocenters. The van der Waals surface area contributed by atoms with Gasteiger partial charge in [-0.3, -0.25) is 4.79 Å². The molecule has 0 bridgehead atoms. The summed E-state index contributed by atoms with van der Waals surface area (Å²) in [5, 5.41) is 3.58. The quantitative estimate of drug-likeness (QED) is 0.851. The van der Waals surface area contributed by atoms with Gasteiger partial charge < -0.3 is 5.32 Å². The Morgan fingerprint density at radius 1 is 1.17 bits per heavy atom. The van der Waals surface area contributed by atoms with Crippen molar-refractivity contribution in [1.82, 2.24) is 5.32 Å². The predicted molar refractivity (Wildman–Crippen MR) is 95.9 cm³/mol. The Balaban J connectivity index is 2.07. The van der Waals surface area contributed by atoms with Gasteiger partial charge in [-0.2, -0.15) is 0 Å². The summed E-state index contributed by atoms with van der Waals surface area (Å²) >= 11 is 5.93. The standard InChI is InChI=1S/C18H20ClNO3S/c1-3-17(14-7-9-16(10-8-14)24(2,22)23)20-18(21)12-13-5-4-6-15(19)11-13/h4-11,17H,3,12H2,1-2H3,(H,20,21)/t17-/m1/s1. The fourth-order valence-corrected chi connectivity index (χ4v) is 3.29. The van der Waals surface area contributed by atoms with Gasteiger partial charge in [0.1, 0.15) is 0 Å². The fraction of sp³-hybridized carbons (Fsp3) is 0.278. The van der Waals surface area contributed by atoms with Gasteiger partial charge in [-0.1, -0.05) is 42.8 Å². The van der Waals surface area contributed by atoms with Crippen LogP contribution in [0.2, 0.25) is 5.02 Å². The van der Waals surface area contributed by atoms with E-state index >= 15 is 0 Å². The van der Waals surface area contributed by atoms with Gasteiger partial charge in [-0.15, -0.1) is 0 Å². The largest absolute Gasteiger partial charge is 0.349 e. The summed E-state index contributed by atoms with van der Waals surface area (Å²) < 4.78 is 23.0. The highest BCUT2D eigenvalue weighted by atomic mass is 35.5. The zero-order valence-corrected chi connectivity index (χ0v) is 15.2. The Kier molecular flexibility index (Phi) is 6.02. The van der Waals surface area contributed by atoms with E-state index in [0.29, 0.717) is 11.4 Å². The zero-order chi connectivity index (χ0) is 17.7. The molecule has 0 spiro atoms. The Morgan fingerprint density at radius 2 is 1.83 bits per heavy atom. The van der Waals surface area contributed by atoms with Crippen LogP contribution in [0.15, 0.2) is 53.4 Å². The molecule has 6 heteroatoms. The van der Waals surface area contributed by atoms with Crippen LogP contribution >= 0.6 is 11.6 Å².